The maximum atomic E-state index is 11.6. The maximum absolute atomic E-state index is 11.6. The highest BCUT2D eigenvalue weighted by Crippen LogP contribution is 2.18. The van der Waals surface area contributed by atoms with Crippen LogP contribution in [0.4, 0.5) is 11.4 Å². The van der Waals surface area contributed by atoms with Gasteiger partial charge < -0.3 is 14.6 Å². The van der Waals surface area contributed by atoms with Crippen LogP contribution >= 0.6 is 0 Å². The van der Waals surface area contributed by atoms with Gasteiger partial charge >= 0.3 is 0 Å². The predicted octanol–water partition coefficient (Wildman–Crippen LogP) is 1.87. The van der Waals surface area contributed by atoms with E-state index in [1.54, 1.807) is 6.07 Å². The number of nitrogens with zero attached hydrogens (tertiary/aromatic N) is 1. The third-order valence-electron chi connectivity index (χ3n) is 3.02. The normalized spacial score (nSPS) is 11.4. The maximum Gasteiger partial charge on any atom is 0.273 e. The van der Waals surface area contributed by atoms with Crippen LogP contribution in [-0.4, -0.2) is 29.6 Å². The summed E-state index contributed by atoms with van der Waals surface area (Å²) >= 11 is 0. The number of sulfonamides is 1. The first-order valence-electron chi connectivity index (χ1n) is 6.46. The summed E-state index contributed by atoms with van der Waals surface area (Å²) < 4.78 is 30.6. The van der Waals surface area contributed by atoms with Gasteiger partial charge in [0, 0.05) is 25.5 Å². The molecule has 0 aliphatic carbocycles. The molecule has 1 aromatic carbocycles. The van der Waals surface area contributed by atoms with Crippen LogP contribution in [0.3, 0.4) is 0 Å². The molecule has 0 aliphatic heterocycles. The molecule has 2 aromatic rings. The van der Waals surface area contributed by atoms with Crippen molar-refractivity contribution in [3.05, 3.63) is 42.2 Å². The Hall–Kier alpha value is -1.99. The SMILES string of the molecule is CNS(=O)(=O)c1ccc(CNc2ccc(N(C)C)cc2)o1. The lowest BCUT2D eigenvalue weighted by Gasteiger charge is -2.13. The molecule has 0 unspecified atom stereocenters. The van der Waals surface area contributed by atoms with Gasteiger partial charge in [-0.15, -0.1) is 0 Å². The van der Waals surface area contributed by atoms with Gasteiger partial charge in [-0.05, 0) is 43.4 Å². The van der Waals surface area contributed by atoms with Crippen LogP contribution < -0.4 is 14.9 Å². The molecule has 7 heteroatoms. The quantitative estimate of drug-likeness (QED) is 0.852. The van der Waals surface area contributed by atoms with Gasteiger partial charge in [0.1, 0.15) is 5.76 Å². The van der Waals surface area contributed by atoms with E-state index in [4.69, 9.17) is 4.42 Å². The second-order valence-electron chi connectivity index (χ2n) is 4.72. The molecule has 0 bridgehead atoms. The van der Waals surface area contributed by atoms with Gasteiger partial charge in [-0.2, -0.15) is 0 Å². The molecule has 0 aliphatic rings. The van der Waals surface area contributed by atoms with Crippen molar-refractivity contribution in [1.29, 1.82) is 0 Å². The zero-order valence-electron chi connectivity index (χ0n) is 12.3. The summed E-state index contributed by atoms with van der Waals surface area (Å²) in [6.07, 6.45) is 0. The van der Waals surface area contributed by atoms with E-state index < -0.39 is 10.0 Å². The molecule has 1 heterocycles. The van der Waals surface area contributed by atoms with Crippen LogP contribution in [0.5, 0.6) is 0 Å². The molecule has 0 radical (unpaired) electrons. The molecule has 2 rings (SSSR count). The number of hydrogen-bond donors (Lipinski definition) is 2. The van der Waals surface area contributed by atoms with Crippen molar-refractivity contribution in [2.45, 2.75) is 11.6 Å². The fourth-order valence-electron chi connectivity index (χ4n) is 1.76. The first-order valence-corrected chi connectivity index (χ1v) is 7.94. The Bertz CT molecular complexity index is 691. The Kier molecular flexibility index (Phi) is 4.54. The van der Waals surface area contributed by atoms with Crippen LogP contribution in [0.25, 0.3) is 0 Å². The summed E-state index contributed by atoms with van der Waals surface area (Å²) in [5.41, 5.74) is 2.05. The molecule has 0 atom stereocenters. The molecule has 21 heavy (non-hydrogen) atoms. The summed E-state index contributed by atoms with van der Waals surface area (Å²) in [6, 6.07) is 11.0. The second-order valence-corrected chi connectivity index (χ2v) is 6.54. The molecule has 0 amide bonds. The van der Waals surface area contributed by atoms with Crippen LogP contribution in [-0.2, 0) is 16.6 Å². The van der Waals surface area contributed by atoms with Gasteiger partial charge in [-0.1, -0.05) is 0 Å². The number of hydrogen-bond acceptors (Lipinski definition) is 5. The van der Waals surface area contributed by atoms with E-state index in [9.17, 15) is 8.42 Å². The third-order valence-corrected chi connectivity index (χ3v) is 4.31. The van der Waals surface area contributed by atoms with Gasteiger partial charge in [-0.3, -0.25) is 0 Å². The topological polar surface area (TPSA) is 74.6 Å². The van der Waals surface area contributed by atoms with Crippen LogP contribution in [0.1, 0.15) is 5.76 Å². The first kappa shape index (κ1) is 15.4. The highest BCUT2D eigenvalue weighted by Gasteiger charge is 2.16. The highest BCUT2D eigenvalue weighted by atomic mass is 32.2. The third kappa shape index (κ3) is 3.77. The van der Waals surface area contributed by atoms with E-state index in [0.29, 0.717) is 12.3 Å². The summed E-state index contributed by atoms with van der Waals surface area (Å²) in [6.45, 7) is 0.417. The standard InChI is InChI=1S/C14H19N3O3S/c1-15-21(18,19)14-9-8-13(20-14)10-16-11-4-6-12(7-5-11)17(2)3/h4-9,15-16H,10H2,1-3H3. The van der Waals surface area contributed by atoms with Crippen LogP contribution in [0.15, 0.2) is 45.9 Å². The van der Waals surface area contributed by atoms with E-state index in [2.05, 4.69) is 10.0 Å². The van der Waals surface area contributed by atoms with Gasteiger partial charge in [-0.25, -0.2) is 13.1 Å². The lowest BCUT2D eigenvalue weighted by Crippen LogP contribution is -2.17. The van der Waals surface area contributed by atoms with Crippen LogP contribution in [0, 0.1) is 0 Å². The largest absolute Gasteiger partial charge is 0.446 e. The monoisotopic (exact) mass is 309 g/mol. The zero-order valence-corrected chi connectivity index (χ0v) is 13.1. The van der Waals surface area contributed by atoms with E-state index in [1.165, 1.54) is 13.1 Å². The Balaban J connectivity index is 2.00. The van der Waals surface area contributed by atoms with Crippen molar-refractivity contribution in [3.8, 4) is 0 Å². The predicted molar refractivity (Wildman–Crippen MR) is 83.0 cm³/mol. The Labute approximate surface area is 124 Å². The van der Waals surface area contributed by atoms with Gasteiger partial charge in [0.15, 0.2) is 0 Å². The number of benzene rings is 1. The van der Waals surface area contributed by atoms with E-state index in [0.717, 1.165) is 11.4 Å². The van der Waals surface area contributed by atoms with E-state index in [1.807, 2.05) is 43.3 Å². The second kappa shape index (κ2) is 6.19. The minimum absolute atomic E-state index is 0.0789. The molecule has 6 nitrogen and oxygen atoms in total. The molecule has 2 N–H and O–H groups in total. The van der Waals surface area contributed by atoms with Gasteiger partial charge in [0.2, 0.25) is 5.09 Å². The lowest BCUT2D eigenvalue weighted by atomic mass is 10.2. The van der Waals surface area contributed by atoms with Crippen molar-refractivity contribution in [3.63, 3.8) is 0 Å². The van der Waals surface area contributed by atoms with Gasteiger partial charge in [0.05, 0.1) is 6.54 Å². The lowest BCUT2D eigenvalue weighted by molar-refractivity contribution is 0.417. The fourth-order valence-corrected chi connectivity index (χ4v) is 2.43. The Morgan fingerprint density at radius 2 is 1.76 bits per heavy atom. The molecule has 1 aromatic heterocycles. The molecule has 114 valence electrons. The zero-order chi connectivity index (χ0) is 15.5. The minimum atomic E-state index is -3.53. The number of nitrogens with one attached hydrogen (secondary N) is 2. The minimum Gasteiger partial charge on any atom is -0.446 e. The summed E-state index contributed by atoms with van der Waals surface area (Å²) in [4.78, 5) is 2.02. The van der Waals surface area contributed by atoms with Crippen molar-refractivity contribution in [2.24, 2.45) is 0 Å². The molecule has 0 fully saturated rings. The molecule has 0 spiro atoms. The first-order chi connectivity index (χ1) is 9.92. The Morgan fingerprint density at radius 3 is 2.33 bits per heavy atom. The molecular formula is C14H19N3O3S. The fraction of sp³-hybridized carbons (Fsp3) is 0.286. The number of rotatable bonds is 6. The molecule has 0 saturated heterocycles. The number of furan rings is 1. The highest BCUT2D eigenvalue weighted by molar-refractivity contribution is 7.89. The summed E-state index contributed by atoms with van der Waals surface area (Å²) in [5.74, 6) is 0.556. The molecular weight excluding hydrogens is 290 g/mol. The van der Waals surface area contributed by atoms with Gasteiger partial charge in [0.25, 0.3) is 10.0 Å². The van der Waals surface area contributed by atoms with Crippen LogP contribution in [0.2, 0.25) is 0 Å². The molecule has 0 saturated carbocycles. The summed E-state index contributed by atoms with van der Waals surface area (Å²) in [5, 5.41) is 3.10. The smallest absolute Gasteiger partial charge is 0.273 e. The van der Waals surface area contributed by atoms with Crippen molar-refractivity contribution in [2.75, 3.05) is 31.4 Å². The van der Waals surface area contributed by atoms with Crippen molar-refractivity contribution >= 4 is 21.4 Å². The number of anilines is 2. The van der Waals surface area contributed by atoms with E-state index in [-0.39, 0.29) is 5.09 Å². The van der Waals surface area contributed by atoms with E-state index >= 15 is 0 Å². The summed E-state index contributed by atoms with van der Waals surface area (Å²) in [7, 11) is 1.79. The average molecular weight is 309 g/mol. The van der Waals surface area contributed by atoms with Crippen molar-refractivity contribution < 1.29 is 12.8 Å². The Morgan fingerprint density at radius 1 is 1.10 bits per heavy atom. The van der Waals surface area contributed by atoms with Crippen molar-refractivity contribution in [1.82, 2.24) is 4.72 Å². The average Bonchev–Trinajstić information content (AvgIpc) is 2.95.